The normalized spacial score (nSPS) is 12.4. The lowest BCUT2D eigenvalue weighted by atomic mass is 10.0. The van der Waals surface area contributed by atoms with Gasteiger partial charge in [-0.05, 0) is 57.1 Å². The van der Waals surface area contributed by atoms with Crippen molar-refractivity contribution in [3.05, 3.63) is 50.4 Å². The molecule has 0 saturated heterocycles. The fraction of sp³-hybridized carbons (Fsp3) is 0.231. The summed E-state index contributed by atoms with van der Waals surface area (Å²) >= 11 is 5.01. The number of hydrogen-bond acceptors (Lipinski definition) is 4. The minimum absolute atomic E-state index is 0.0460. The zero-order valence-corrected chi connectivity index (χ0v) is 12.7. The van der Waals surface area contributed by atoms with E-state index in [1.807, 2.05) is 17.5 Å². The number of nitrogens with two attached hydrogens (primary N) is 1. The summed E-state index contributed by atoms with van der Waals surface area (Å²) in [4.78, 5) is 0. The van der Waals surface area contributed by atoms with E-state index in [-0.39, 0.29) is 17.6 Å². The van der Waals surface area contributed by atoms with Crippen LogP contribution in [0.3, 0.4) is 0 Å². The largest absolute Gasteiger partial charge is 0.494 e. The van der Waals surface area contributed by atoms with Gasteiger partial charge >= 0.3 is 0 Å². The minimum atomic E-state index is -0.359. The highest BCUT2D eigenvalue weighted by Crippen LogP contribution is 2.28. The van der Waals surface area contributed by atoms with Crippen molar-refractivity contribution in [1.82, 2.24) is 5.43 Å². The third-order valence-corrected chi connectivity index (χ3v) is 4.37. The molecule has 1 atom stereocenters. The second-order valence-electron chi connectivity index (χ2n) is 4.08. The zero-order chi connectivity index (χ0) is 13.8. The maximum absolute atomic E-state index is 13.6. The van der Waals surface area contributed by atoms with E-state index in [9.17, 15) is 4.39 Å². The average Bonchev–Trinajstić information content (AvgIpc) is 2.82. The number of benzene rings is 1. The first kappa shape index (κ1) is 14.5. The molecule has 1 aromatic carbocycles. The molecule has 19 heavy (non-hydrogen) atoms. The molecule has 0 amide bonds. The van der Waals surface area contributed by atoms with Crippen LogP contribution < -0.4 is 16.0 Å². The van der Waals surface area contributed by atoms with E-state index in [4.69, 9.17) is 10.6 Å². The maximum atomic E-state index is 13.6. The van der Waals surface area contributed by atoms with Crippen molar-refractivity contribution in [1.29, 1.82) is 0 Å². The fourth-order valence-corrected chi connectivity index (χ4v) is 3.08. The van der Waals surface area contributed by atoms with Gasteiger partial charge in [0.05, 0.1) is 16.9 Å². The summed E-state index contributed by atoms with van der Waals surface area (Å²) in [5.74, 6) is 5.47. The van der Waals surface area contributed by atoms with Crippen molar-refractivity contribution in [2.45, 2.75) is 12.5 Å². The van der Waals surface area contributed by atoms with Crippen molar-refractivity contribution < 1.29 is 9.13 Å². The van der Waals surface area contributed by atoms with Gasteiger partial charge in [0, 0.05) is 0 Å². The first-order valence-electron chi connectivity index (χ1n) is 5.66. The van der Waals surface area contributed by atoms with Crippen molar-refractivity contribution in [3.63, 3.8) is 0 Å². The standard InChI is InChI=1S/C13H14BrFN2OS/c1-18-12-3-2-8(4-10(12)15)5-11(17-16)9-6-13(14)19-7-9/h2-4,6-7,11,17H,5,16H2,1H3. The van der Waals surface area contributed by atoms with Crippen LogP contribution in [0, 0.1) is 5.82 Å². The molecular formula is C13H14BrFN2OS. The molecule has 102 valence electrons. The third-order valence-electron chi connectivity index (χ3n) is 2.85. The van der Waals surface area contributed by atoms with Crippen LogP contribution in [0.5, 0.6) is 5.75 Å². The van der Waals surface area contributed by atoms with Gasteiger partial charge in [0.25, 0.3) is 0 Å². The molecule has 0 aliphatic carbocycles. The van der Waals surface area contributed by atoms with E-state index in [2.05, 4.69) is 21.4 Å². The number of ether oxygens (including phenoxy) is 1. The number of hydrogen-bond donors (Lipinski definition) is 2. The van der Waals surface area contributed by atoms with Gasteiger partial charge in [-0.2, -0.15) is 0 Å². The van der Waals surface area contributed by atoms with E-state index in [1.165, 1.54) is 13.2 Å². The van der Waals surface area contributed by atoms with Crippen LogP contribution in [0.4, 0.5) is 4.39 Å². The summed E-state index contributed by atoms with van der Waals surface area (Å²) in [6.45, 7) is 0. The number of nitrogens with one attached hydrogen (secondary N) is 1. The summed E-state index contributed by atoms with van der Waals surface area (Å²) < 4.78 is 19.6. The van der Waals surface area contributed by atoms with Gasteiger partial charge in [-0.3, -0.25) is 11.3 Å². The monoisotopic (exact) mass is 344 g/mol. The SMILES string of the molecule is COc1ccc(CC(NN)c2csc(Br)c2)cc1F. The molecule has 0 aliphatic rings. The minimum Gasteiger partial charge on any atom is -0.494 e. The topological polar surface area (TPSA) is 47.3 Å². The van der Waals surface area contributed by atoms with Gasteiger partial charge in [0.1, 0.15) is 0 Å². The Kier molecular flexibility index (Phi) is 4.93. The molecule has 0 bridgehead atoms. The molecule has 3 N–H and O–H groups in total. The van der Waals surface area contributed by atoms with Gasteiger partial charge in [-0.1, -0.05) is 6.07 Å². The molecule has 0 fully saturated rings. The van der Waals surface area contributed by atoms with Crippen molar-refractivity contribution >= 4 is 27.3 Å². The molecule has 0 spiro atoms. The summed E-state index contributed by atoms with van der Waals surface area (Å²) in [5, 5.41) is 2.02. The molecule has 1 heterocycles. The number of rotatable bonds is 5. The highest BCUT2D eigenvalue weighted by atomic mass is 79.9. The number of methoxy groups -OCH3 is 1. The van der Waals surface area contributed by atoms with Gasteiger partial charge in [0.15, 0.2) is 11.6 Å². The van der Waals surface area contributed by atoms with E-state index in [0.29, 0.717) is 6.42 Å². The summed E-state index contributed by atoms with van der Waals surface area (Å²) in [7, 11) is 1.45. The molecule has 0 aliphatic heterocycles. The van der Waals surface area contributed by atoms with Crippen molar-refractivity contribution in [3.8, 4) is 5.75 Å². The Morgan fingerprint density at radius 3 is 2.79 bits per heavy atom. The Balaban J connectivity index is 2.16. The molecule has 2 aromatic rings. The van der Waals surface area contributed by atoms with Gasteiger partial charge in [-0.15, -0.1) is 11.3 Å². The first-order valence-corrected chi connectivity index (χ1v) is 7.33. The summed E-state index contributed by atoms with van der Waals surface area (Å²) in [6.07, 6.45) is 0.612. The maximum Gasteiger partial charge on any atom is 0.165 e. The van der Waals surface area contributed by atoms with Crippen LogP contribution in [0.25, 0.3) is 0 Å². The second kappa shape index (κ2) is 6.47. The second-order valence-corrected chi connectivity index (χ2v) is 6.37. The predicted octanol–water partition coefficient (Wildman–Crippen LogP) is 3.41. The molecule has 1 aromatic heterocycles. The Hall–Kier alpha value is -0.950. The van der Waals surface area contributed by atoms with E-state index in [0.717, 1.165) is 14.9 Å². The predicted molar refractivity (Wildman–Crippen MR) is 78.7 cm³/mol. The highest BCUT2D eigenvalue weighted by Gasteiger charge is 2.13. The lowest BCUT2D eigenvalue weighted by molar-refractivity contribution is 0.386. The Morgan fingerprint density at radius 1 is 1.47 bits per heavy atom. The molecule has 6 heteroatoms. The zero-order valence-electron chi connectivity index (χ0n) is 10.3. The first-order chi connectivity index (χ1) is 9.13. The molecule has 0 radical (unpaired) electrons. The van der Waals surface area contributed by atoms with Crippen molar-refractivity contribution in [2.24, 2.45) is 5.84 Å². The van der Waals surface area contributed by atoms with Gasteiger partial charge < -0.3 is 4.74 Å². The summed E-state index contributed by atoms with van der Waals surface area (Å²) in [6, 6.07) is 6.91. The molecular weight excluding hydrogens is 331 g/mol. The molecule has 0 saturated carbocycles. The smallest absolute Gasteiger partial charge is 0.165 e. The Bertz CT molecular complexity index is 561. The molecule has 2 rings (SSSR count). The van der Waals surface area contributed by atoms with Crippen LogP contribution in [-0.4, -0.2) is 7.11 Å². The number of thiophene rings is 1. The molecule has 1 unspecified atom stereocenters. The van der Waals surface area contributed by atoms with Gasteiger partial charge in [-0.25, -0.2) is 4.39 Å². The number of hydrazine groups is 1. The van der Waals surface area contributed by atoms with E-state index >= 15 is 0 Å². The fourth-order valence-electron chi connectivity index (χ4n) is 1.85. The van der Waals surface area contributed by atoms with E-state index in [1.54, 1.807) is 17.4 Å². The lowest BCUT2D eigenvalue weighted by Crippen LogP contribution is -2.29. The van der Waals surface area contributed by atoms with E-state index < -0.39 is 0 Å². The quantitative estimate of drug-likeness (QED) is 0.645. The number of halogens is 2. The molecule has 3 nitrogen and oxygen atoms in total. The highest BCUT2D eigenvalue weighted by molar-refractivity contribution is 9.11. The van der Waals surface area contributed by atoms with Crippen LogP contribution >= 0.6 is 27.3 Å². The summed E-state index contributed by atoms with van der Waals surface area (Å²) in [5.41, 5.74) is 4.70. The Labute approximate surface area is 123 Å². The average molecular weight is 345 g/mol. The van der Waals surface area contributed by atoms with Crippen LogP contribution in [0.1, 0.15) is 17.2 Å². The van der Waals surface area contributed by atoms with Crippen molar-refractivity contribution in [2.75, 3.05) is 7.11 Å². The van der Waals surface area contributed by atoms with Gasteiger partial charge in [0.2, 0.25) is 0 Å². The lowest BCUT2D eigenvalue weighted by Gasteiger charge is -2.15. The third kappa shape index (κ3) is 3.54. The van der Waals surface area contributed by atoms with Crippen LogP contribution in [-0.2, 0) is 6.42 Å². The Morgan fingerprint density at radius 2 is 2.26 bits per heavy atom. The van der Waals surface area contributed by atoms with Crippen LogP contribution in [0.2, 0.25) is 0 Å². The van der Waals surface area contributed by atoms with Crippen LogP contribution in [0.15, 0.2) is 33.4 Å².